The number of urea groups is 1. The molecule has 1 saturated heterocycles. The van der Waals surface area contributed by atoms with E-state index in [-0.39, 0.29) is 12.1 Å². The highest BCUT2D eigenvalue weighted by molar-refractivity contribution is 5.79. The van der Waals surface area contributed by atoms with Crippen LogP contribution in [-0.2, 0) is 6.42 Å². The molecule has 2 amide bonds. The fraction of sp³-hybridized carbons (Fsp3) is 0.440. The van der Waals surface area contributed by atoms with Crippen molar-refractivity contribution >= 4 is 11.6 Å². The number of allylic oxidation sites excluding steroid dienone is 2. The molecule has 1 N–H and O–H groups in total. The van der Waals surface area contributed by atoms with Crippen molar-refractivity contribution in [2.75, 3.05) is 27.3 Å². The Balaban J connectivity index is 1.51. The van der Waals surface area contributed by atoms with Crippen LogP contribution in [0.3, 0.4) is 0 Å². The number of fused-ring (bicyclic) bond motifs is 1. The molecule has 1 aliphatic heterocycles. The molecule has 1 aliphatic carbocycles. The molecule has 2 heterocycles. The van der Waals surface area contributed by atoms with Gasteiger partial charge in [0.15, 0.2) is 11.5 Å². The van der Waals surface area contributed by atoms with E-state index in [2.05, 4.69) is 17.5 Å². The molecule has 0 bridgehead atoms. The van der Waals surface area contributed by atoms with E-state index in [1.54, 1.807) is 14.2 Å². The number of nitrogens with zero attached hydrogens (tertiary/aromatic N) is 2. The SMILES string of the molecule is COc1ccc(-c2cnc3c(c2)C(C2CCN(C(=O)NC(C)C)CC2)=CC3)cc1OC. The second-order valence-corrected chi connectivity index (χ2v) is 8.52. The summed E-state index contributed by atoms with van der Waals surface area (Å²) in [7, 11) is 3.29. The average molecular weight is 422 g/mol. The number of rotatable bonds is 5. The van der Waals surface area contributed by atoms with Crippen molar-refractivity contribution in [1.82, 2.24) is 15.2 Å². The second kappa shape index (κ2) is 9.00. The van der Waals surface area contributed by atoms with Gasteiger partial charge in [0.2, 0.25) is 0 Å². The summed E-state index contributed by atoms with van der Waals surface area (Å²) in [6, 6.07) is 8.42. The molecule has 164 valence electrons. The van der Waals surface area contributed by atoms with Crippen LogP contribution in [0, 0.1) is 5.92 Å². The standard InChI is InChI=1S/C25H31N3O3/c1-16(2)27-25(29)28-11-9-17(10-12-28)20-6-7-22-21(20)13-19(15-26-22)18-5-8-23(30-3)24(14-18)31-4/h5-6,8,13-17H,7,9-12H2,1-4H3,(H,27,29). The number of likely N-dealkylation sites (tertiary alicyclic amines) is 1. The molecular formula is C25H31N3O3. The molecule has 1 aromatic heterocycles. The third kappa shape index (κ3) is 4.38. The third-order valence-corrected chi connectivity index (χ3v) is 6.15. The van der Waals surface area contributed by atoms with Crippen molar-refractivity contribution in [3.8, 4) is 22.6 Å². The zero-order valence-electron chi connectivity index (χ0n) is 18.8. The largest absolute Gasteiger partial charge is 0.493 e. The first-order valence-electron chi connectivity index (χ1n) is 11.0. The normalized spacial score (nSPS) is 16.2. The molecule has 1 aromatic carbocycles. The summed E-state index contributed by atoms with van der Waals surface area (Å²) >= 11 is 0. The second-order valence-electron chi connectivity index (χ2n) is 8.52. The lowest BCUT2D eigenvalue weighted by atomic mass is 9.86. The first-order valence-corrected chi connectivity index (χ1v) is 11.0. The van der Waals surface area contributed by atoms with E-state index >= 15 is 0 Å². The fourth-order valence-corrected chi connectivity index (χ4v) is 4.51. The van der Waals surface area contributed by atoms with Crippen molar-refractivity contribution in [1.29, 1.82) is 0 Å². The molecular weight excluding hydrogens is 390 g/mol. The van der Waals surface area contributed by atoms with E-state index in [0.29, 0.717) is 17.4 Å². The lowest BCUT2D eigenvalue weighted by molar-refractivity contribution is 0.177. The summed E-state index contributed by atoms with van der Waals surface area (Å²) in [5, 5.41) is 3.00. The number of methoxy groups -OCH3 is 2. The number of aromatic nitrogens is 1. The number of benzene rings is 1. The number of hydrogen-bond acceptors (Lipinski definition) is 4. The van der Waals surface area contributed by atoms with Gasteiger partial charge in [0.25, 0.3) is 0 Å². The van der Waals surface area contributed by atoms with Gasteiger partial charge in [0.05, 0.1) is 19.9 Å². The van der Waals surface area contributed by atoms with Gasteiger partial charge in [-0.3, -0.25) is 4.98 Å². The van der Waals surface area contributed by atoms with Crippen LogP contribution in [0.1, 0.15) is 37.9 Å². The zero-order valence-corrected chi connectivity index (χ0v) is 18.8. The van der Waals surface area contributed by atoms with Crippen molar-refractivity contribution in [2.45, 2.75) is 39.2 Å². The number of ether oxygens (including phenoxy) is 2. The first kappa shape index (κ1) is 21.2. The van der Waals surface area contributed by atoms with Gasteiger partial charge in [-0.15, -0.1) is 0 Å². The monoisotopic (exact) mass is 421 g/mol. The molecule has 0 saturated carbocycles. The third-order valence-electron chi connectivity index (χ3n) is 6.15. The maximum Gasteiger partial charge on any atom is 0.317 e. The van der Waals surface area contributed by atoms with Crippen LogP contribution in [0.5, 0.6) is 11.5 Å². The minimum Gasteiger partial charge on any atom is -0.493 e. The van der Waals surface area contributed by atoms with Gasteiger partial charge < -0.3 is 19.7 Å². The highest BCUT2D eigenvalue weighted by Crippen LogP contribution is 2.40. The molecule has 2 aromatic rings. The van der Waals surface area contributed by atoms with Gasteiger partial charge in [-0.1, -0.05) is 12.1 Å². The van der Waals surface area contributed by atoms with E-state index in [1.165, 1.54) is 11.1 Å². The molecule has 6 nitrogen and oxygen atoms in total. The Kier molecular flexibility index (Phi) is 6.16. The minimum absolute atomic E-state index is 0.0478. The first-order chi connectivity index (χ1) is 15.0. The Morgan fingerprint density at radius 1 is 1.10 bits per heavy atom. The molecule has 0 spiro atoms. The maximum absolute atomic E-state index is 12.3. The average Bonchev–Trinajstić information content (AvgIpc) is 3.21. The predicted molar refractivity (Wildman–Crippen MR) is 122 cm³/mol. The Morgan fingerprint density at radius 3 is 2.52 bits per heavy atom. The molecule has 2 aliphatic rings. The van der Waals surface area contributed by atoms with Crippen LogP contribution in [0.2, 0.25) is 0 Å². The van der Waals surface area contributed by atoms with Crippen LogP contribution in [0.15, 0.2) is 36.5 Å². The Labute approximate surface area is 184 Å². The van der Waals surface area contributed by atoms with Gasteiger partial charge in [-0.05, 0) is 61.9 Å². The van der Waals surface area contributed by atoms with Crippen molar-refractivity contribution in [3.05, 3.63) is 47.8 Å². The number of hydrogen-bond donors (Lipinski definition) is 1. The van der Waals surface area contributed by atoms with E-state index in [4.69, 9.17) is 14.5 Å². The van der Waals surface area contributed by atoms with E-state index in [0.717, 1.165) is 49.2 Å². The fourth-order valence-electron chi connectivity index (χ4n) is 4.51. The zero-order chi connectivity index (χ0) is 22.0. The molecule has 0 radical (unpaired) electrons. The summed E-state index contributed by atoms with van der Waals surface area (Å²) in [6.45, 7) is 5.57. The lowest BCUT2D eigenvalue weighted by Crippen LogP contribution is -2.46. The lowest BCUT2D eigenvalue weighted by Gasteiger charge is -2.33. The summed E-state index contributed by atoms with van der Waals surface area (Å²) in [5.41, 5.74) is 5.89. The van der Waals surface area contributed by atoms with Crippen molar-refractivity contribution in [2.24, 2.45) is 5.92 Å². The van der Waals surface area contributed by atoms with Crippen LogP contribution < -0.4 is 14.8 Å². The number of nitrogens with one attached hydrogen (secondary N) is 1. The highest BCUT2D eigenvalue weighted by Gasteiger charge is 2.29. The number of piperidine rings is 1. The smallest absolute Gasteiger partial charge is 0.317 e. The quantitative estimate of drug-likeness (QED) is 0.770. The van der Waals surface area contributed by atoms with E-state index < -0.39 is 0 Å². The topological polar surface area (TPSA) is 63.7 Å². The van der Waals surface area contributed by atoms with Gasteiger partial charge >= 0.3 is 6.03 Å². The Bertz CT molecular complexity index is 992. The molecule has 31 heavy (non-hydrogen) atoms. The summed E-state index contributed by atoms with van der Waals surface area (Å²) in [5.74, 6) is 1.89. The van der Waals surface area contributed by atoms with Gasteiger partial charge in [-0.2, -0.15) is 0 Å². The van der Waals surface area contributed by atoms with Crippen LogP contribution >= 0.6 is 0 Å². The maximum atomic E-state index is 12.3. The molecule has 0 unspecified atom stereocenters. The van der Waals surface area contributed by atoms with E-state index in [9.17, 15) is 4.79 Å². The molecule has 1 fully saturated rings. The van der Waals surface area contributed by atoms with Crippen LogP contribution in [0.25, 0.3) is 16.7 Å². The van der Waals surface area contributed by atoms with Crippen molar-refractivity contribution < 1.29 is 14.3 Å². The van der Waals surface area contributed by atoms with Crippen molar-refractivity contribution in [3.63, 3.8) is 0 Å². The summed E-state index contributed by atoms with van der Waals surface area (Å²) in [4.78, 5) is 19.0. The Morgan fingerprint density at radius 2 is 1.84 bits per heavy atom. The van der Waals surface area contributed by atoms with Crippen LogP contribution in [-0.4, -0.2) is 49.3 Å². The van der Waals surface area contributed by atoms with Gasteiger partial charge in [0.1, 0.15) is 0 Å². The van der Waals surface area contributed by atoms with E-state index in [1.807, 2.05) is 43.1 Å². The summed E-state index contributed by atoms with van der Waals surface area (Å²) < 4.78 is 10.8. The predicted octanol–water partition coefficient (Wildman–Crippen LogP) is 4.54. The van der Waals surface area contributed by atoms with Gasteiger partial charge in [-0.25, -0.2) is 4.79 Å². The molecule has 6 heteroatoms. The molecule has 0 atom stereocenters. The number of pyridine rings is 1. The number of amides is 2. The molecule has 4 rings (SSSR count). The highest BCUT2D eigenvalue weighted by atomic mass is 16.5. The summed E-state index contributed by atoms with van der Waals surface area (Å²) in [6.07, 6.45) is 7.11. The van der Waals surface area contributed by atoms with Crippen LogP contribution in [0.4, 0.5) is 4.79 Å². The number of carbonyl (C=O) groups excluding carboxylic acids is 1. The Hall–Kier alpha value is -3.02. The van der Waals surface area contributed by atoms with Gasteiger partial charge in [0, 0.05) is 42.9 Å². The number of carbonyl (C=O) groups is 1. The minimum atomic E-state index is 0.0478.